The minimum Gasteiger partial charge on any atom is -0.342 e. The molecular formula is C21H23N3O2. The lowest BCUT2D eigenvalue weighted by molar-refractivity contribution is -0.139. The molecule has 5 heteroatoms. The molecule has 2 atom stereocenters. The summed E-state index contributed by atoms with van der Waals surface area (Å²) in [7, 11) is 1.84. The summed E-state index contributed by atoms with van der Waals surface area (Å²) in [6, 6.07) is 19.5. The van der Waals surface area contributed by atoms with Gasteiger partial charge in [-0.05, 0) is 11.1 Å². The molecule has 0 aromatic heterocycles. The molecule has 134 valence electrons. The van der Waals surface area contributed by atoms with Crippen molar-refractivity contribution >= 4 is 11.9 Å². The van der Waals surface area contributed by atoms with Gasteiger partial charge in [-0.1, -0.05) is 60.7 Å². The van der Waals surface area contributed by atoms with Crippen LogP contribution >= 0.6 is 0 Å². The largest absolute Gasteiger partial charge is 0.342 e. The van der Waals surface area contributed by atoms with Crippen LogP contribution in [0.15, 0.2) is 60.7 Å². The van der Waals surface area contributed by atoms with E-state index in [1.54, 1.807) is 4.90 Å². The summed E-state index contributed by atoms with van der Waals surface area (Å²) in [5.41, 5.74) is 2.19. The highest BCUT2D eigenvalue weighted by Crippen LogP contribution is 2.28. The summed E-state index contributed by atoms with van der Waals surface area (Å²) in [6.07, 6.45) is 0.561. The summed E-state index contributed by atoms with van der Waals surface area (Å²) in [6.45, 7) is 1.85. The Hall–Kier alpha value is -2.82. The van der Waals surface area contributed by atoms with Crippen molar-refractivity contribution in [2.45, 2.75) is 25.0 Å². The Morgan fingerprint density at radius 2 is 1.50 bits per heavy atom. The smallest absolute Gasteiger partial charge is 0.321 e. The number of likely N-dealkylation sites (N-methyl/N-ethyl adjacent to an activating group) is 1. The molecule has 2 fully saturated rings. The number of fused-ring (bicyclic) bond motifs is 1. The van der Waals surface area contributed by atoms with Crippen molar-refractivity contribution in [3.63, 3.8) is 0 Å². The van der Waals surface area contributed by atoms with Gasteiger partial charge < -0.3 is 14.7 Å². The van der Waals surface area contributed by atoms with Crippen molar-refractivity contribution in [2.75, 3.05) is 20.1 Å². The Bertz CT molecular complexity index is 793. The molecule has 5 nitrogen and oxygen atoms in total. The van der Waals surface area contributed by atoms with Gasteiger partial charge in [0, 0.05) is 33.1 Å². The lowest BCUT2D eigenvalue weighted by Crippen LogP contribution is -2.60. The normalized spacial score (nSPS) is 22.7. The number of piperazine rings is 1. The van der Waals surface area contributed by atoms with Crippen LogP contribution in [0.1, 0.15) is 11.1 Å². The number of carbonyl (C=O) groups is 2. The zero-order valence-electron chi connectivity index (χ0n) is 14.9. The fourth-order valence-corrected chi connectivity index (χ4v) is 4.01. The first-order valence-electron chi connectivity index (χ1n) is 9.03. The molecule has 2 aromatic carbocycles. The Balaban J connectivity index is 1.57. The van der Waals surface area contributed by atoms with Gasteiger partial charge in [-0.15, -0.1) is 0 Å². The van der Waals surface area contributed by atoms with Crippen molar-refractivity contribution < 1.29 is 9.59 Å². The SMILES string of the molecule is CN1C[C@@H]2CN(Cc3ccccc3)C(=O)N2[C@@H](Cc2ccccc2)C1=O. The highest BCUT2D eigenvalue weighted by Gasteiger charge is 2.48. The molecule has 2 saturated heterocycles. The van der Waals surface area contributed by atoms with Gasteiger partial charge in [0.1, 0.15) is 6.04 Å². The monoisotopic (exact) mass is 349 g/mol. The maximum absolute atomic E-state index is 13.1. The second-order valence-electron chi connectivity index (χ2n) is 7.13. The van der Waals surface area contributed by atoms with Gasteiger partial charge in [-0.3, -0.25) is 4.79 Å². The van der Waals surface area contributed by atoms with E-state index in [4.69, 9.17) is 0 Å². The van der Waals surface area contributed by atoms with Crippen molar-refractivity contribution in [1.29, 1.82) is 0 Å². The Morgan fingerprint density at radius 3 is 2.15 bits per heavy atom. The van der Waals surface area contributed by atoms with Gasteiger partial charge in [-0.2, -0.15) is 0 Å². The Kier molecular flexibility index (Phi) is 4.37. The predicted molar refractivity (Wildman–Crippen MR) is 99.4 cm³/mol. The molecule has 0 unspecified atom stereocenters. The minimum atomic E-state index is -0.422. The van der Waals surface area contributed by atoms with E-state index < -0.39 is 6.04 Å². The molecular weight excluding hydrogens is 326 g/mol. The van der Waals surface area contributed by atoms with Crippen molar-refractivity contribution in [2.24, 2.45) is 0 Å². The summed E-state index contributed by atoms with van der Waals surface area (Å²) < 4.78 is 0. The Labute approximate surface area is 153 Å². The van der Waals surface area contributed by atoms with Gasteiger partial charge in [0.05, 0.1) is 6.04 Å². The first-order valence-corrected chi connectivity index (χ1v) is 9.03. The second-order valence-corrected chi connectivity index (χ2v) is 7.13. The number of amides is 3. The van der Waals surface area contributed by atoms with Crippen LogP contribution in [0, 0.1) is 0 Å². The van der Waals surface area contributed by atoms with Crippen molar-refractivity contribution in [3.05, 3.63) is 71.8 Å². The molecule has 0 spiro atoms. The summed E-state index contributed by atoms with van der Waals surface area (Å²) >= 11 is 0. The van der Waals surface area contributed by atoms with E-state index in [0.29, 0.717) is 26.1 Å². The van der Waals surface area contributed by atoms with E-state index in [2.05, 4.69) is 0 Å². The Morgan fingerprint density at radius 1 is 0.885 bits per heavy atom. The molecule has 0 aliphatic carbocycles. The highest BCUT2D eigenvalue weighted by atomic mass is 16.2. The summed E-state index contributed by atoms with van der Waals surface area (Å²) in [5.74, 6) is 0.0278. The number of rotatable bonds is 4. The number of urea groups is 1. The highest BCUT2D eigenvalue weighted by molar-refractivity contribution is 5.90. The van der Waals surface area contributed by atoms with Crippen molar-refractivity contribution in [3.8, 4) is 0 Å². The molecule has 3 amide bonds. The van der Waals surface area contributed by atoms with E-state index >= 15 is 0 Å². The lowest BCUT2D eigenvalue weighted by Gasteiger charge is -2.40. The minimum absolute atomic E-state index is 0.0266. The average Bonchev–Trinajstić information content (AvgIpc) is 2.96. The van der Waals surface area contributed by atoms with Gasteiger partial charge in [-0.25, -0.2) is 4.79 Å². The van der Waals surface area contributed by atoms with Gasteiger partial charge in [0.25, 0.3) is 0 Å². The van der Waals surface area contributed by atoms with Crippen LogP contribution in [0.2, 0.25) is 0 Å². The van der Waals surface area contributed by atoms with E-state index in [1.807, 2.05) is 77.5 Å². The van der Waals surface area contributed by atoms with Crippen LogP contribution in [0.25, 0.3) is 0 Å². The van der Waals surface area contributed by atoms with Crippen molar-refractivity contribution in [1.82, 2.24) is 14.7 Å². The van der Waals surface area contributed by atoms with E-state index in [0.717, 1.165) is 11.1 Å². The fourth-order valence-electron chi connectivity index (χ4n) is 4.01. The van der Waals surface area contributed by atoms with Gasteiger partial charge in [0.2, 0.25) is 5.91 Å². The van der Waals surface area contributed by atoms with Crippen LogP contribution in [0.5, 0.6) is 0 Å². The standard InChI is InChI=1S/C21H23N3O2/c1-22-14-18-15-23(13-17-10-6-3-7-11-17)21(26)24(18)19(20(22)25)12-16-8-4-2-5-9-16/h2-11,18-19H,12-15H2,1H3/t18-,19+/m1/s1. The topological polar surface area (TPSA) is 43.9 Å². The molecule has 2 heterocycles. The van der Waals surface area contributed by atoms with Gasteiger partial charge in [0.15, 0.2) is 0 Å². The van der Waals surface area contributed by atoms with Crippen LogP contribution < -0.4 is 0 Å². The summed E-state index contributed by atoms with van der Waals surface area (Å²) in [4.78, 5) is 31.3. The molecule has 2 aromatic rings. The molecule has 0 saturated carbocycles. The third-order valence-electron chi connectivity index (χ3n) is 5.29. The quantitative estimate of drug-likeness (QED) is 0.851. The fraction of sp³-hybridized carbons (Fsp3) is 0.333. The van der Waals surface area contributed by atoms with Crippen LogP contribution in [-0.2, 0) is 17.8 Å². The molecule has 4 rings (SSSR count). The van der Waals surface area contributed by atoms with Crippen LogP contribution in [0.4, 0.5) is 4.79 Å². The molecule has 0 N–H and O–H groups in total. The zero-order chi connectivity index (χ0) is 18.1. The molecule has 26 heavy (non-hydrogen) atoms. The predicted octanol–water partition coefficient (Wildman–Crippen LogP) is 2.38. The molecule has 0 bridgehead atoms. The average molecular weight is 349 g/mol. The number of nitrogens with zero attached hydrogens (tertiary/aromatic N) is 3. The molecule has 2 aliphatic heterocycles. The number of hydrogen-bond donors (Lipinski definition) is 0. The number of hydrogen-bond acceptors (Lipinski definition) is 2. The lowest BCUT2D eigenvalue weighted by atomic mass is 9.99. The third kappa shape index (κ3) is 3.05. The third-order valence-corrected chi connectivity index (χ3v) is 5.29. The summed E-state index contributed by atoms with van der Waals surface area (Å²) in [5, 5.41) is 0. The number of carbonyl (C=O) groups excluding carboxylic acids is 2. The first kappa shape index (κ1) is 16.6. The second kappa shape index (κ2) is 6.83. The van der Waals surface area contributed by atoms with Crippen LogP contribution in [0.3, 0.4) is 0 Å². The van der Waals surface area contributed by atoms with E-state index in [9.17, 15) is 9.59 Å². The van der Waals surface area contributed by atoms with E-state index in [-0.39, 0.29) is 18.0 Å². The molecule has 2 aliphatic rings. The zero-order valence-corrected chi connectivity index (χ0v) is 14.9. The maximum atomic E-state index is 13.1. The van der Waals surface area contributed by atoms with Gasteiger partial charge >= 0.3 is 6.03 Å². The van der Waals surface area contributed by atoms with Crippen LogP contribution in [-0.4, -0.2) is 58.9 Å². The first-order chi connectivity index (χ1) is 12.6. The van der Waals surface area contributed by atoms with E-state index in [1.165, 1.54) is 0 Å². The molecule has 0 radical (unpaired) electrons. The number of benzene rings is 2. The maximum Gasteiger partial charge on any atom is 0.321 e.